The van der Waals surface area contributed by atoms with Crippen molar-refractivity contribution in [3.05, 3.63) is 66.2 Å². The average Bonchev–Trinajstić information content (AvgIpc) is 3.59. The molecule has 0 aromatic heterocycles. The Morgan fingerprint density at radius 2 is 1.45 bits per heavy atom. The summed E-state index contributed by atoms with van der Waals surface area (Å²) in [5, 5.41) is 3.23. The molecule has 2 aromatic carbocycles. The molecule has 2 aromatic rings. The Morgan fingerprint density at radius 1 is 0.862 bits per heavy atom. The molecule has 2 amide bonds. The molecule has 4 heteroatoms. The number of hydrogen-bond donors (Lipinski definition) is 1. The van der Waals surface area contributed by atoms with Crippen LogP contribution < -0.4 is 10.2 Å². The lowest BCUT2D eigenvalue weighted by Gasteiger charge is -2.28. The van der Waals surface area contributed by atoms with Crippen LogP contribution in [0.2, 0.25) is 0 Å². The van der Waals surface area contributed by atoms with Gasteiger partial charge in [-0.3, -0.25) is 9.59 Å². The number of carbonyl (C=O) groups excluding carboxylic acids is 2. The van der Waals surface area contributed by atoms with Gasteiger partial charge in [0.05, 0.1) is 6.54 Å². The number of anilines is 1. The van der Waals surface area contributed by atoms with Gasteiger partial charge in [0.15, 0.2) is 0 Å². The first kappa shape index (κ1) is 19.7. The van der Waals surface area contributed by atoms with Crippen molar-refractivity contribution in [2.24, 2.45) is 5.41 Å². The maximum Gasteiger partial charge on any atom is 0.242 e. The molecule has 0 heterocycles. The van der Waals surface area contributed by atoms with Gasteiger partial charge in [0.1, 0.15) is 5.41 Å². The van der Waals surface area contributed by atoms with Crippen LogP contribution >= 0.6 is 0 Å². The standard InChI is InChI=1S/C25H30N2O2/c28-23(26-21-13-7-1-2-8-14-21)25(17-18-25)24(29)27(22-15-9-4-10-16-22)19-20-11-5-3-6-12-20/h3-6,9-12,15-16,21H,1-2,7-8,13-14,17-19H2,(H,26,28). The third-order valence-corrected chi connectivity index (χ3v) is 6.28. The molecule has 2 fully saturated rings. The van der Waals surface area contributed by atoms with Crippen LogP contribution in [-0.4, -0.2) is 17.9 Å². The highest BCUT2D eigenvalue weighted by molar-refractivity contribution is 6.14. The van der Waals surface area contributed by atoms with Gasteiger partial charge in [-0.2, -0.15) is 0 Å². The molecule has 2 aliphatic rings. The summed E-state index contributed by atoms with van der Waals surface area (Å²) in [5.74, 6) is -0.137. The molecule has 0 atom stereocenters. The fraction of sp³-hybridized carbons (Fsp3) is 0.440. The molecular weight excluding hydrogens is 360 g/mol. The van der Waals surface area contributed by atoms with Crippen LogP contribution in [-0.2, 0) is 16.1 Å². The van der Waals surface area contributed by atoms with Crippen LogP contribution in [0.3, 0.4) is 0 Å². The molecule has 29 heavy (non-hydrogen) atoms. The Hall–Kier alpha value is -2.62. The number of rotatable bonds is 6. The number of amides is 2. The quantitative estimate of drug-likeness (QED) is 0.567. The topological polar surface area (TPSA) is 49.4 Å². The highest BCUT2D eigenvalue weighted by Crippen LogP contribution is 2.48. The Kier molecular flexibility index (Phi) is 5.98. The van der Waals surface area contributed by atoms with Crippen LogP contribution in [0.4, 0.5) is 5.69 Å². The third-order valence-electron chi connectivity index (χ3n) is 6.28. The van der Waals surface area contributed by atoms with Gasteiger partial charge in [0.2, 0.25) is 11.8 Å². The lowest BCUT2D eigenvalue weighted by atomic mass is 10.0. The maximum absolute atomic E-state index is 13.6. The number of hydrogen-bond acceptors (Lipinski definition) is 2. The minimum atomic E-state index is -0.892. The largest absolute Gasteiger partial charge is 0.352 e. The second-order valence-electron chi connectivity index (χ2n) is 8.46. The summed E-state index contributed by atoms with van der Waals surface area (Å²) in [7, 11) is 0. The third kappa shape index (κ3) is 4.52. The molecule has 0 spiro atoms. The summed E-state index contributed by atoms with van der Waals surface area (Å²) in [6.45, 7) is 0.474. The van der Waals surface area contributed by atoms with E-state index in [4.69, 9.17) is 0 Å². The smallest absolute Gasteiger partial charge is 0.242 e. The van der Waals surface area contributed by atoms with Crippen LogP contribution in [0.1, 0.15) is 56.9 Å². The normalized spacial score (nSPS) is 18.5. The van der Waals surface area contributed by atoms with E-state index in [0.717, 1.165) is 36.9 Å². The minimum absolute atomic E-state index is 0.0663. The molecular formula is C25H30N2O2. The molecule has 0 bridgehead atoms. The van der Waals surface area contributed by atoms with Gasteiger partial charge in [0.25, 0.3) is 0 Å². The Balaban J connectivity index is 1.54. The van der Waals surface area contributed by atoms with Gasteiger partial charge in [0, 0.05) is 11.7 Å². The zero-order valence-electron chi connectivity index (χ0n) is 17.0. The van der Waals surface area contributed by atoms with Crippen LogP contribution in [0, 0.1) is 5.41 Å². The molecule has 0 unspecified atom stereocenters. The molecule has 4 nitrogen and oxygen atoms in total. The molecule has 2 aliphatic carbocycles. The SMILES string of the molecule is O=C(NC1CCCCCC1)C1(C(=O)N(Cc2ccccc2)c2ccccc2)CC1. The zero-order valence-corrected chi connectivity index (χ0v) is 17.0. The summed E-state index contributed by atoms with van der Waals surface area (Å²) >= 11 is 0. The molecule has 4 rings (SSSR count). The lowest BCUT2D eigenvalue weighted by molar-refractivity contribution is -0.136. The average molecular weight is 391 g/mol. The van der Waals surface area contributed by atoms with Crippen LogP contribution in [0.5, 0.6) is 0 Å². The fourth-order valence-electron chi connectivity index (χ4n) is 4.32. The van der Waals surface area contributed by atoms with E-state index in [-0.39, 0.29) is 17.9 Å². The summed E-state index contributed by atoms with van der Waals surface area (Å²) in [5.41, 5.74) is 1.01. The van der Waals surface area contributed by atoms with E-state index in [9.17, 15) is 9.59 Å². The van der Waals surface area contributed by atoms with Gasteiger partial charge < -0.3 is 10.2 Å². The monoisotopic (exact) mass is 390 g/mol. The van der Waals surface area contributed by atoms with E-state index >= 15 is 0 Å². The Labute approximate surface area is 173 Å². The van der Waals surface area contributed by atoms with E-state index in [1.54, 1.807) is 4.90 Å². The molecule has 0 aliphatic heterocycles. The number of nitrogens with zero attached hydrogens (tertiary/aromatic N) is 1. The first-order chi connectivity index (χ1) is 14.2. The minimum Gasteiger partial charge on any atom is -0.352 e. The van der Waals surface area contributed by atoms with E-state index in [1.165, 1.54) is 12.8 Å². The Bertz CT molecular complexity index is 822. The first-order valence-electron chi connectivity index (χ1n) is 10.9. The summed E-state index contributed by atoms with van der Waals surface area (Å²) in [6.07, 6.45) is 8.16. The predicted molar refractivity (Wildman–Crippen MR) is 115 cm³/mol. The van der Waals surface area contributed by atoms with Crippen molar-refractivity contribution in [3.63, 3.8) is 0 Å². The summed E-state index contributed by atoms with van der Waals surface area (Å²) < 4.78 is 0. The number of para-hydroxylation sites is 1. The van der Waals surface area contributed by atoms with Crippen molar-refractivity contribution >= 4 is 17.5 Å². The molecule has 0 saturated heterocycles. The first-order valence-corrected chi connectivity index (χ1v) is 10.9. The molecule has 152 valence electrons. The number of benzene rings is 2. The molecule has 1 N–H and O–H groups in total. The van der Waals surface area contributed by atoms with Gasteiger partial charge in [-0.1, -0.05) is 74.2 Å². The highest BCUT2D eigenvalue weighted by atomic mass is 16.2. The summed E-state index contributed by atoms with van der Waals surface area (Å²) in [4.78, 5) is 28.6. The van der Waals surface area contributed by atoms with E-state index in [0.29, 0.717) is 19.4 Å². The lowest BCUT2D eigenvalue weighted by Crippen LogP contribution is -2.48. The van der Waals surface area contributed by atoms with Crippen molar-refractivity contribution in [1.82, 2.24) is 5.32 Å². The highest BCUT2D eigenvalue weighted by Gasteiger charge is 2.58. The van der Waals surface area contributed by atoms with E-state index in [2.05, 4.69) is 5.32 Å². The van der Waals surface area contributed by atoms with Crippen molar-refractivity contribution in [2.45, 2.75) is 64.0 Å². The van der Waals surface area contributed by atoms with Gasteiger partial charge >= 0.3 is 0 Å². The van der Waals surface area contributed by atoms with Crippen molar-refractivity contribution < 1.29 is 9.59 Å². The van der Waals surface area contributed by atoms with Crippen molar-refractivity contribution in [1.29, 1.82) is 0 Å². The second kappa shape index (κ2) is 8.81. The zero-order chi connectivity index (χ0) is 20.1. The van der Waals surface area contributed by atoms with Gasteiger partial charge in [-0.15, -0.1) is 0 Å². The fourth-order valence-corrected chi connectivity index (χ4v) is 4.32. The summed E-state index contributed by atoms with van der Waals surface area (Å²) in [6, 6.07) is 19.9. The van der Waals surface area contributed by atoms with Crippen molar-refractivity contribution in [3.8, 4) is 0 Å². The van der Waals surface area contributed by atoms with E-state index in [1.807, 2.05) is 60.7 Å². The molecule has 0 radical (unpaired) electrons. The Morgan fingerprint density at radius 3 is 2.03 bits per heavy atom. The van der Waals surface area contributed by atoms with Crippen LogP contribution in [0.15, 0.2) is 60.7 Å². The van der Waals surface area contributed by atoms with Crippen LogP contribution in [0.25, 0.3) is 0 Å². The van der Waals surface area contributed by atoms with Gasteiger partial charge in [-0.05, 0) is 43.4 Å². The number of carbonyl (C=O) groups is 2. The van der Waals surface area contributed by atoms with Crippen molar-refractivity contribution in [2.75, 3.05) is 4.90 Å². The second-order valence-corrected chi connectivity index (χ2v) is 8.46. The predicted octanol–water partition coefficient (Wildman–Crippen LogP) is 4.84. The van der Waals surface area contributed by atoms with E-state index < -0.39 is 5.41 Å². The molecule has 2 saturated carbocycles. The maximum atomic E-state index is 13.6. The van der Waals surface area contributed by atoms with Gasteiger partial charge in [-0.25, -0.2) is 0 Å². The number of nitrogens with one attached hydrogen (secondary N) is 1.